The maximum absolute atomic E-state index is 5.10. The Morgan fingerprint density at radius 1 is 1.46 bits per heavy atom. The van der Waals surface area contributed by atoms with Gasteiger partial charge < -0.3 is 9.47 Å². The number of ether oxygens (including phenoxy) is 2. The summed E-state index contributed by atoms with van der Waals surface area (Å²) < 4.78 is 11.0. The molecule has 1 rings (SSSR count). The number of pyridine rings is 1. The first-order valence-electron chi connectivity index (χ1n) is 3.67. The Labute approximate surface area is 90.9 Å². The van der Waals surface area contributed by atoms with Crippen molar-refractivity contribution >= 4 is 28.7 Å². The van der Waals surface area contributed by atoms with E-state index in [-0.39, 0.29) is 0 Å². The van der Waals surface area contributed by atoms with Gasteiger partial charge in [-0.25, -0.2) is 4.98 Å². The van der Waals surface area contributed by atoms with Crippen LogP contribution in [0.5, 0.6) is 5.88 Å². The molecule has 0 amide bonds. The molecular weight excluding hydrogens is 281 g/mol. The minimum atomic E-state index is 0.611. The zero-order chi connectivity index (χ0) is 9.68. The molecule has 0 aliphatic heterocycles. The standard InChI is InChI=1S/C9H10INO2/c1-12-6-4-7-8(10)3-5-11-9(7)13-2/h3-6H,1-2H3/b6-4+. The first kappa shape index (κ1) is 10.3. The van der Waals surface area contributed by atoms with E-state index in [0.29, 0.717) is 5.88 Å². The first-order chi connectivity index (χ1) is 6.29. The fourth-order valence-electron chi connectivity index (χ4n) is 0.882. The van der Waals surface area contributed by atoms with Crippen LogP contribution in [0.25, 0.3) is 6.08 Å². The maximum Gasteiger partial charge on any atom is 0.221 e. The van der Waals surface area contributed by atoms with Gasteiger partial charge >= 0.3 is 0 Å². The van der Waals surface area contributed by atoms with Crippen molar-refractivity contribution in [3.8, 4) is 5.88 Å². The number of nitrogens with zero attached hydrogens (tertiary/aromatic N) is 1. The maximum atomic E-state index is 5.10. The molecule has 0 bridgehead atoms. The lowest BCUT2D eigenvalue weighted by Crippen LogP contribution is -1.92. The number of halogens is 1. The summed E-state index contributed by atoms with van der Waals surface area (Å²) in [5.41, 5.74) is 0.937. The van der Waals surface area contributed by atoms with Crippen LogP contribution in [-0.2, 0) is 4.74 Å². The molecule has 3 nitrogen and oxygen atoms in total. The average molecular weight is 291 g/mol. The lowest BCUT2D eigenvalue weighted by Gasteiger charge is -2.04. The molecule has 13 heavy (non-hydrogen) atoms. The van der Waals surface area contributed by atoms with Crippen LogP contribution in [0.1, 0.15) is 5.56 Å². The van der Waals surface area contributed by atoms with E-state index in [9.17, 15) is 0 Å². The van der Waals surface area contributed by atoms with Crippen molar-refractivity contribution in [3.63, 3.8) is 0 Å². The molecule has 4 heteroatoms. The molecule has 0 fully saturated rings. The topological polar surface area (TPSA) is 31.4 Å². The summed E-state index contributed by atoms with van der Waals surface area (Å²) in [6, 6.07) is 1.92. The summed E-state index contributed by atoms with van der Waals surface area (Å²) >= 11 is 2.22. The predicted octanol–water partition coefficient (Wildman–Crippen LogP) is 2.31. The minimum absolute atomic E-state index is 0.611. The Balaban J connectivity index is 3.07. The number of rotatable bonds is 3. The number of aromatic nitrogens is 1. The van der Waals surface area contributed by atoms with E-state index in [1.54, 1.807) is 26.7 Å². The molecular formula is C9H10INO2. The molecule has 1 aromatic heterocycles. The molecule has 0 aliphatic carbocycles. The molecule has 0 spiro atoms. The Morgan fingerprint density at radius 3 is 2.85 bits per heavy atom. The van der Waals surface area contributed by atoms with Crippen LogP contribution in [0.4, 0.5) is 0 Å². The molecule has 0 saturated carbocycles. The van der Waals surface area contributed by atoms with Crippen molar-refractivity contribution in [1.82, 2.24) is 4.98 Å². The number of hydrogen-bond donors (Lipinski definition) is 0. The van der Waals surface area contributed by atoms with E-state index in [1.807, 2.05) is 12.1 Å². The summed E-state index contributed by atoms with van der Waals surface area (Å²) in [7, 11) is 3.20. The average Bonchev–Trinajstić information content (AvgIpc) is 2.15. The lowest BCUT2D eigenvalue weighted by atomic mass is 10.3. The molecule has 0 aromatic carbocycles. The van der Waals surface area contributed by atoms with Gasteiger partial charge in [0.2, 0.25) is 5.88 Å². The van der Waals surface area contributed by atoms with E-state index in [1.165, 1.54) is 0 Å². The summed E-state index contributed by atoms with van der Waals surface area (Å²) in [6.45, 7) is 0. The van der Waals surface area contributed by atoms with Crippen LogP contribution < -0.4 is 4.74 Å². The van der Waals surface area contributed by atoms with Gasteiger partial charge in [-0.1, -0.05) is 0 Å². The van der Waals surface area contributed by atoms with E-state index in [4.69, 9.17) is 9.47 Å². The highest BCUT2D eigenvalue weighted by Gasteiger charge is 2.04. The van der Waals surface area contributed by atoms with E-state index < -0.39 is 0 Å². The fourth-order valence-corrected chi connectivity index (χ4v) is 1.45. The molecule has 0 N–H and O–H groups in total. The number of hydrogen-bond acceptors (Lipinski definition) is 3. The zero-order valence-electron chi connectivity index (χ0n) is 7.45. The highest BCUT2D eigenvalue weighted by atomic mass is 127. The largest absolute Gasteiger partial charge is 0.504 e. The lowest BCUT2D eigenvalue weighted by molar-refractivity contribution is 0.341. The van der Waals surface area contributed by atoms with Crippen LogP contribution in [0.2, 0.25) is 0 Å². The fraction of sp³-hybridized carbons (Fsp3) is 0.222. The second kappa shape index (κ2) is 5.06. The molecule has 1 aromatic rings. The smallest absolute Gasteiger partial charge is 0.221 e. The Hall–Kier alpha value is -0.780. The van der Waals surface area contributed by atoms with Gasteiger partial charge in [0, 0.05) is 9.77 Å². The van der Waals surface area contributed by atoms with Gasteiger partial charge in [-0.05, 0) is 34.7 Å². The van der Waals surface area contributed by atoms with E-state index in [2.05, 4.69) is 27.6 Å². The number of methoxy groups -OCH3 is 2. The highest BCUT2D eigenvalue weighted by molar-refractivity contribution is 14.1. The van der Waals surface area contributed by atoms with Gasteiger partial charge in [-0.3, -0.25) is 0 Å². The predicted molar refractivity (Wildman–Crippen MR) is 59.5 cm³/mol. The van der Waals surface area contributed by atoms with Crippen LogP contribution in [0.3, 0.4) is 0 Å². The first-order valence-corrected chi connectivity index (χ1v) is 4.75. The van der Waals surface area contributed by atoms with Gasteiger partial charge in [-0.15, -0.1) is 0 Å². The molecule has 0 atom stereocenters. The SMILES string of the molecule is CO/C=C/c1c(I)ccnc1OC. The molecule has 0 radical (unpaired) electrons. The van der Waals surface area contributed by atoms with Crippen LogP contribution in [0, 0.1) is 3.57 Å². The van der Waals surface area contributed by atoms with Gasteiger partial charge in [0.15, 0.2) is 0 Å². The van der Waals surface area contributed by atoms with Gasteiger partial charge in [-0.2, -0.15) is 0 Å². The van der Waals surface area contributed by atoms with Crippen LogP contribution in [-0.4, -0.2) is 19.2 Å². The second-order valence-corrected chi connectivity index (χ2v) is 3.42. The molecule has 70 valence electrons. The van der Waals surface area contributed by atoms with Crippen molar-refractivity contribution in [3.05, 3.63) is 27.7 Å². The van der Waals surface area contributed by atoms with Crippen molar-refractivity contribution in [2.75, 3.05) is 14.2 Å². The van der Waals surface area contributed by atoms with Gasteiger partial charge in [0.25, 0.3) is 0 Å². The third-order valence-corrected chi connectivity index (χ3v) is 2.41. The van der Waals surface area contributed by atoms with E-state index >= 15 is 0 Å². The van der Waals surface area contributed by atoms with Gasteiger partial charge in [0.1, 0.15) is 0 Å². The minimum Gasteiger partial charge on any atom is -0.504 e. The summed E-state index contributed by atoms with van der Waals surface area (Å²) in [4.78, 5) is 4.08. The van der Waals surface area contributed by atoms with Crippen LogP contribution in [0.15, 0.2) is 18.5 Å². The summed E-state index contributed by atoms with van der Waals surface area (Å²) in [6.07, 6.45) is 5.14. The molecule has 0 unspecified atom stereocenters. The van der Waals surface area contributed by atoms with Crippen molar-refractivity contribution in [2.45, 2.75) is 0 Å². The van der Waals surface area contributed by atoms with Crippen LogP contribution >= 0.6 is 22.6 Å². The highest BCUT2D eigenvalue weighted by Crippen LogP contribution is 2.22. The Kier molecular flexibility index (Phi) is 4.01. The van der Waals surface area contributed by atoms with Crippen molar-refractivity contribution in [1.29, 1.82) is 0 Å². The quantitative estimate of drug-likeness (QED) is 0.632. The monoisotopic (exact) mass is 291 g/mol. The summed E-state index contributed by atoms with van der Waals surface area (Å²) in [5, 5.41) is 0. The Morgan fingerprint density at radius 2 is 2.23 bits per heavy atom. The molecule has 1 heterocycles. The summed E-state index contributed by atoms with van der Waals surface area (Å²) in [5.74, 6) is 0.611. The van der Waals surface area contributed by atoms with Crippen molar-refractivity contribution < 1.29 is 9.47 Å². The molecule has 0 aliphatic rings. The Bertz CT molecular complexity index is 312. The third kappa shape index (κ3) is 2.58. The third-order valence-electron chi connectivity index (χ3n) is 1.46. The second-order valence-electron chi connectivity index (χ2n) is 2.25. The van der Waals surface area contributed by atoms with Crippen molar-refractivity contribution in [2.24, 2.45) is 0 Å². The normalized spacial score (nSPS) is 10.4. The van der Waals surface area contributed by atoms with E-state index in [0.717, 1.165) is 9.13 Å². The molecule has 0 saturated heterocycles. The van der Waals surface area contributed by atoms with Gasteiger partial charge in [0.05, 0.1) is 26.0 Å². The zero-order valence-corrected chi connectivity index (χ0v) is 9.61.